The van der Waals surface area contributed by atoms with Crippen molar-refractivity contribution in [3.05, 3.63) is 102 Å². The fourth-order valence-corrected chi connectivity index (χ4v) is 4.37. The number of anilines is 1. The van der Waals surface area contributed by atoms with Crippen LogP contribution in [0.15, 0.2) is 84.9 Å². The van der Waals surface area contributed by atoms with Crippen molar-refractivity contribution in [3.8, 4) is 0 Å². The van der Waals surface area contributed by atoms with Gasteiger partial charge in [0, 0.05) is 5.56 Å². The first kappa shape index (κ1) is 14.4. The molecule has 2 aliphatic heterocycles. The molecule has 0 N–H and O–H groups in total. The van der Waals surface area contributed by atoms with E-state index in [1.165, 1.54) is 11.1 Å². The number of hydrogen-bond donors (Lipinski definition) is 0. The molecule has 122 valence electrons. The minimum atomic E-state index is -0.480. The fourth-order valence-electron chi connectivity index (χ4n) is 4.37. The van der Waals surface area contributed by atoms with Gasteiger partial charge in [-0.25, -0.2) is 5.01 Å². The third-order valence-corrected chi connectivity index (χ3v) is 5.40. The first-order valence-corrected chi connectivity index (χ1v) is 8.60. The van der Waals surface area contributed by atoms with Gasteiger partial charge in [0.05, 0.1) is 5.69 Å². The molecule has 1 saturated heterocycles. The molecule has 0 saturated carbocycles. The van der Waals surface area contributed by atoms with Crippen LogP contribution < -0.4 is 5.01 Å². The predicted molar refractivity (Wildman–Crippen MR) is 98.0 cm³/mol. The van der Waals surface area contributed by atoms with Gasteiger partial charge in [-0.1, -0.05) is 78.9 Å². The van der Waals surface area contributed by atoms with Crippen LogP contribution in [0.2, 0.25) is 0 Å². The zero-order chi connectivity index (χ0) is 17.0. The summed E-state index contributed by atoms with van der Waals surface area (Å²) in [5, 5.41) is 4.07. The normalized spacial score (nSPS) is 20.8. The average Bonchev–Trinajstić information content (AvgIpc) is 2.98. The zero-order valence-electron chi connectivity index (χ0n) is 14.0. The quantitative estimate of drug-likeness (QED) is 0.712. The number of amides is 1. The van der Waals surface area contributed by atoms with Crippen LogP contribution in [0.5, 0.6) is 0 Å². The van der Waals surface area contributed by atoms with Crippen molar-refractivity contribution in [2.24, 2.45) is 0 Å². The third-order valence-electron chi connectivity index (χ3n) is 5.40. The Morgan fingerprint density at radius 3 is 1.88 bits per heavy atom. The minimum absolute atomic E-state index is 0.154. The molecular formula is C22H18N2O. The second-order valence-electron chi connectivity index (χ2n) is 6.63. The molecule has 3 aromatic carbocycles. The van der Waals surface area contributed by atoms with Gasteiger partial charge in [-0.15, -0.1) is 0 Å². The van der Waals surface area contributed by atoms with Gasteiger partial charge in [0.1, 0.15) is 11.6 Å². The molecule has 0 radical (unpaired) electrons. The monoisotopic (exact) mass is 326 g/mol. The SMILES string of the molecule is CC1C(=O)N2c3ccccc3C(c3ccccc3)(c3ccccc3)N12. The van der Waals surface area contributed by atoms with Crippen LogP contribution in [-0.2, 0) is 10.3 Å². The zero-order valence-corrected chi connectivity index (χ0v) is 14.0. The van der Waals surface area contributed by atoms with Crippen molar-refractivity contribution in [1.29, 1.82) is 0 Å². The van der Waals surface area contributed by atoms with Gasteiger partial charge in [0.2, 0.25) is 0 Å². The lowest BCUT2D eigenvalue weighted by Crippen LogP contribution is -2.71. The molecule has 1 fully saturated rings. The largest absolute Gasteiger partial charge is 0.271 e. The summed E-state index contributed by atoms with van der Waals surface area (Å²) in [4.78, 5) is 12.6. The van der Waals surface area contributed by atoms with Crippen LogP contribution in [0.3, 0.4) is 0 Å². The van der Waals surface area contributed by atoms with Crippen molar-refractivity contribution in [2.75, 3.05) is 5.01 Å². The summed E-state index contributed by atoms with van der Waals surface area (Å²) in [5.74, 6) is 0.154. The number of hydrazine groups is 1. The van der Waals surface area contributed by atoms with Crippen molar-refractivity contribution >= 4 is 11.6 Å². The number of para-hydroxylation sites is 1. The van der Waals surface area contributed by atoms with Gasteiger partial charge < -0.3 is 0 Å². The van der Waals surface area contributed by atoms with E-state index in [0.717, 1.165) is 11.3 Å². The van der Waals surface area contributed by atoms with Crippen LogP contribution in [0.25, 0.3) is 0 Å². The van der Waals surface area contributed by atoms with E-state index in [2.05, 4.69) is 65.7 Å². The van der Waals surface area contributed by atoms with Crippen LogP contribution in [-0.4, -0.2) is 17.0 Å². The first-order valence-electron chi connectivity index (χ1n) is 8.60. The van der Waals surface area contributed by atoms with E-state index in [9.17, 15) is 4.79 Å². The summed E-state index contributed by atoms with van der Waals surface area (Å²) in [7, 11) is 0. The molecule has 1 unspecified atom stereocenters. The summed E-state index contributed by atoms with van der Waals surface area (Å²) in [6, 6.07) is 29.0. The van der Waals surface area contributed by atoms with Crippen LogP contribution >= 0.6 is 0 Å². The number of carbonyl (C=O) groups excluding carboxylic acids is 1. The van der Waals surface area contributed by atoms with Gasteiger partial charge in [-0.3, -0.25) is 4.79 Å². The summed E-state index contributed by atoms with van der Waals surface area (Å²) in [5.41, 5.74) is 4.02. The van der Waals surface area contributed by atoms with E-state index in [1.54, 1.807) is 0 Å². The highest BCUT2D eigenvalue weighted by Gasteiger charge is 2.62. The standard InChI is InChI=1S/C22H18N2O/c1-16-21(25)23-20-15-9-8-14-19(20)22(24(16)23,17-10-4-2-5-11-17)18-12-6-3-7-13-18/h2-16H,1H3. The average molecular weight is 326 g/mol. The van der Waals surface area contributed by atoms with E-state index in [0.29, 0.717) is 0 Å². The second kappa shape index (κ2) is 5.04. The molecule has 5 rings (SSSR count). The van der Waals surface area contributed by atoms with Gasteiger partial charge in [0.25, 0.3) is 5.91 Å². The molecule has 3 aromatic rings. The molecule has 25 heavy (non-hydrogen) atoms. The Balaban J connectivity index is 1.89. The maximum Gasteiger partial charge on any atom is 0.260 e. The molecule has 0 aliphatic carbocycles. The number of benzene rings is 3. The lowest BCUT2D eigenvalue weighted by molar-refractivity contribution is -0.141. The van der Waals surface area contributed by atoms with E-state index in [4.69, 9.17) is 0 Å². The molecule has 0 spiro atoms. The smallest absolute Gasteiger partial charge is 0.260 e. The number of hydrogen-bond acceptors (Lipinski definition) is 2. The number of rotatable bonds is 2. The third kappa shape index (κ3) is 1.66. The highest BCUT2D eigenvalue weighted by molar-refractivity contribution is 6.05. The Labute approximate surface area is 147 Å². The first-order chi connectivity index (χ1) is 12.3. The molecule has 1 amide bonds. The summed E-state index contributed by atoms with van der Waals surface area (Å²) in [6.07, 6.45) is 0. The number of carbonyl (C=O) groups is 1. The number of nitrogens with zero attached hydrogens (tertiary/aromatic N) is 2. The molecule has 0 bridgehead atoms. The Kier molecular flexibility index (Phi) is 2.91. The topological polar surface area (TPSA) is 23.6 Å². The molecule has 0 aromatic heterocycles. The lowest BCUT2D eigenvalue weighted by atomic mass is 9.76. The Morgan fingerprint density at radius 2 is 1.28 bits per heavy atom. The van der Waals surface area contributed by atoms with E-state index in [-0.39, 0.29) is 11.9 Å². The fraction of sp³-hybridized carbons (Fsp3) is 0.136. The van der Waals surface area contributed by atoms with E-state index in [1.807, 2.05) is 36.2 Å². The molecule has 3 heteroatoms. The summed E-state index contributed by atoms with van der Waals surface area (Å²) >= 11 is 0. The molecular weight excluding hydrogens is 308 g/mol. The highest BCUT2D eigenvalue weighted by Crippen LogP contribution is 2.56. The second-order valence-corrected chi connectivity index (χ2v) is 6.63. The van der Waals surface area contributed by atoms with Crippen molar-refractivity contribution < 1.29 is 4.79 Å². The minimum Gasteiger partial charge on any atom is -0.271 e. The van der Waals surface area contributed by atoms with Crippen LogP contribution in [0, 0.1) is 0 Å². The van der Waals surface area contributed by atoms with Crippen molar-refractivity contribution in [3.63, 3.8) is 0 Å². The lowest BCUT2D eigenvalue weighted by Gasteiger charge is -2.52. The maximum absolute atomic E-state index is 12.6. The molecule has 3 nitrogen and oxygen atoms in total. The van der Waals surface area contributed by atoms with E-state index < -0.39 is 5.54 Å². The van der Waals surface area contributed by atoms with Crippen LogP contribution in [0.4, 0.5) is 5.69 Å². The highest BCUT2D eigenvalue weighted by atomic mass is 16.2. The predicted octanol–water partition coefficient (Wildman–Crippen LogP) is 3.94. The van der Waals surface area contributed by atoms with Crippen LogP contribution in [0.1, 0.15) is 23.6 Å². The summed E-state index contributed by atoms with van der Waals surface area (Å²) < 4.78 is 0. The van der Waals surface area contributed by atoms with Gasteiger partial charge in [-0.05, 0) is 24.1 Å². The van der Waals surface area contributed by atoms with Gasteiger partial charge in [-0.2, -0.15) is 5.01 Å². The molecule has 2 heterocycles. The Bertz CT molecular complexity index is 913. The van der Waals surface area contributed by atoms with Crippen molar-refractivity contribution in [2.45, 2.75) is 18.5 Å². The Hall–Kier alpha value is -2.91. The molecule has 1 atom stereocenters. The van der Waals surface area contributed by atoms with E-state index >= 15 is 0 Å². The van der Waals surface area contributed by atoms with Crippen molar-refractivity contribution in [1.82, 2.24) is 5.01 Å². The number of fused-ring (bicyclic) bond motifs is 3. The van der Waals surface area contributed by atoms with Gasteiger partial charge in [0.15, 0.2) is 0 Å². The maximum atomic E-state index is 12.6. The van der Waals surface area contributed by atoms with Gasteiger partial charge >= 0.3 is 0 Å². The Morgan fingerprint density at radius 1 is 0.760 bits per heavy atom. The summed E-state index contributed by atoms with van der Waals surface area (Å²) in [6.45, 7) is 1.99. The molecule has 2 aliphatic rings.